The molecule has 0 heterocycles. The summed E-state index contributed by atoms with van der Waals surface area (Å²) in [5, 5.41) is 30.0. The van der Waals surface area contributed by atoms with Gasteiger partial charge in [-0.05, 0) is 114 Å². The van der Waals surface area contributed by atoms with Gasteiger partial charge in [-0.15, -0.1) is 0 Å². The Bertz CT molecular complexity index is 976. The van der Waals surface area contributed by atoms with Gasteiger partial charge in [-0.25, -0.2) is 0 Å². The van der Waals surface area contributed by atoms with Crippen molar-refractivity contribution < 1.29 is 33.2 Å². The molecular formula is C31H45F3O4. The van der Waals surface area contributed by atoms with E-state index in [-0.39, 0.29) is 17.4 Å². The van der Waals surface area contributed by atoms with E-state index < -0.39 is 23.5 Å². The fourth-order valence-electron chi connectivity index (χ4n) is 6.64. The second kappa shape index (κ2) is 11.8. The minimum Gasteiger partial charge on any atom is -0.443 e. The highest BCUT2D eigenvalue weighted by Gasteiger charge is 2.52. The van der Waals surface area contributed by atoms with Crippen molar-refractivity contribution in [3.63, 3.8) is 0 Å². The number of alkyl halides is 3. The SMILES string of the molecule is C=C1CC[C@H](O)C/C1=C/C=C1\CCC[C@]2(C)C([C@H](CCCC(C)(C)O)OC#CC(C)(O)C(F)(F)F)CC[C@@H]12. The highest BCUT2D eigenvalue weighted by molar-refractivity contribution is 5.36. The van der Waals surface area contributed by atoms with Gasteiger partial charge in [0.2, 0.25) is 5.60 Å². The number of allylic oxidation sites excluding steroid dienone is 4. The molecule has 0 spiro atoms. The van der Waals surface area contributed by atoms with Crippen molar-refractivity contribution >= 4 is 0 Å². The standard InChI is InChI=1S/C31H45F3O4/c1-21-10-13-24(35)20-23(21)12-11-22-8-6-17-29(4)25(22)14-15-26(29)27(9-7-16-28(2,3)36)38-19-18-30(5,37)31(32,33)34/h11-12,24-27,35-37H,1,6-10,13-17,20H2,2-5H3/b22-11+,23-12-/t24-,25-,26?,27-,29-,30?/m0/s1. The molecule has 4 nitrogen and oxygen atoms in total. The number of ether oxygens (including phenoxy) is 1. The van der Waals surface area contributed by atoms with Crippen molar-refractivity contribution in [1.82, 2.24) is 0 Å². The monoisotopic (exact) mass is 538 g/mol. The molecule has 6 atom stereocenters. The second-order valence-corrected chi connectivity index (χ2v) is 12.7. The Hall–Kier alpha value is -1.75. The molecule has 0 bridgehead atoms. The number of hydrogen-bond acceptors (Lipinski definition) is 4. The van der Waals surface area contributed by atoms with Crippen LogP contribution in [0.25, 0.3) is 0 Å². The van der Waals surface area contributed by atoms with E-state index >= 15 is 0 Å². The molecule has 0 radical (unpaired) electrons. The van der Waals surface area contributed by atoms with Crippen molar-refractivity contribution in [3.8, 4) is 12.0 Å². The number of halogens is 3. The Morgan fingerprint density at radius 2 is 1.84 bits per heavy atom. The van der Waals surface area contributed by atoms with E-state index in [1.165, 1.54) is 5.57 Å². The van der Waals surface area contributed by atoms with E-state index in [9.17, 15) is 28.5 Å². The fourth-order valence-corrected chi connectivity index (χ4v) is 6.64. The summed E-state index contributed by atoms with van der Waals surface area (Å²) in [5.74, 6) is 2.32. The molecule has 3 N–H and O–H groups in total. The lowest BCUT2D eigenvalue weighted by molar-refractivity contribution is -0.228. The Morgan fingerprint density at radius 3 is 2.50 bits per heavy atom. The van der Waals surface area contributed by atoms with Crippen LogP contribution in [0.1, 0.15) is 98.3 Å². The zero-order valence-electron chi connectivity index (χ0n) is 23.3. The minimum atomic E-state index is -4.87. The average molecular weight is 539 g/mol. The molecule has 0 aliphatic heterocycles. The van der Waals surface area contributed by atoms with Gasteiger partial charge in [0, 0.05) is 5.92 Å². The molecule has 214 valence electrons. The highest BCUT2D eigenvalue weighted by atomic mass is 19.4. The average Bonchev–Trinajstić information content (AvgIpc) is 3.14. The molecule has 7 heteroatoms. The third-order valence-electron chi connectivity index (χ3n) is 9.01. The van der Waals surface area contributed by atoms with Crippen LogP contribution in [0, 0.1) is 29.3 Å². The molecule has 3 aliphatic rings. The molecular weight excluding hydrogens is 493 g/mol. The molecule has 0 aromatic rings. The molecule has 0 saturated heterocycles. The Morgan fingerprint density at radius 1 is 1.13 bits per heavy atom. The molecule has 38 heavy (non-hydrogen) atoms. The van der Waals surface area contributed by atoms with Crippen molar-refractivity contribution in [2.75, 3.05) is 0 Å². The quantitative estimate of drug-likeness (QED) is 0.313. The Kier molecular flexibility index (Phi) is 9.54. The number of fused-ring (bicyclic) bond motifs is 1. The van der Waals surface area contributed by atoms with Crippen LogP contribution in [0.2, 0.25) is 0 Å². The topological polar surface area (TPSA) is 69.9 Å². The van der Waals surface area contributed by atoms with E-state index in [0.717, 1.165) is 56.1 Å². The minimum absolute atomic E-state index is 0.0840. The van der Waals surface area contributed by atoms with Gasteiger partial charge in [0.05, 0.1) is 11.7 Å². The fraction of sp³-hybridized carbons (Fsp3) is 0.742. The first-order chi connectivity index (χ1) is 17.5. The van der Waals surface area contributed by atoms with E-state index in [4.69, 9.17) is 4.74 Å². The predicted octanol–water partition coefficient (Wildman–Crippen LogP) is 6.76. The van der Waals surface area contributed by atoms with Crippen LogP contribution in [0.15, 0.2) is 35.5 Å². The van der Waals surface area contributed by atoms with E-state index in [1.54, 1.807) is 13.8 Å². The maximum absolute atomic E-state index is 13.1. The van der Waals surface area contributed by atoms with Crippen LogP contribution in [0.4, 0.5) is 13.2 Å². The van der Waals surface area contributed by atoms with Gasteiger partial charge < -0.3 is 20.1 Å². The molecule has 0 aromatic heterocycles. The molecule has 0 aromatic carbocycles. The maximum atomic E-state index is 13.1. The van der Waals surface area contributed by atoms with Crippen LogP contribution in [0.5, 0.6) is 0 Å². The third kappa shape index (κ3) is 7.46. The molecule has 3 aliphatic carbocycles. The third-order valence-corrected chi connectivity index (χ3v) is 9.01. The smallest absolute Gasteiger partial charge is 0.428 e. The van der Waals surface area contributed by atoms with Crippen LogP contribution >= 0.6 is 0 Å². The Balaban J connectivity index is 1.82. The van der Waals surface area contributed by atoms with Gasteiger partial charge in [0.1, 0.15) is 12.2 Å². The first-order valence-electron chi connectivity index (χ1n) is 14.0. The summed E-state index contributed by atoms with van der Waals surface area (Å²) in [7, 11) is 0. The van der Waals surface area contributed by atoms with Gasteiger partial charge >= 0.3 is 6.18 Å². The zero-order valence-corrected chi connectivity index (χ0v) is 23.3. The summed E-state index contributed by atoms with van der Waals surface area (Å²) in [6.07, 6.45) is 9.81. The normalized spacial score (nSPS) is 32.9. The predicted molar refractivity (Wildman–Crippen MR) is 143 cm³/mol. The first-order valence-corrected chi connectivity index (χ1v) is 14.0. The lowest BCUT2D eigenvalue weighted by atomic mass is 9.62. The van der Waals surface area contributed by atoms with Crippen molar-refractivity contribution in [2.24, 2.45) is 17.3 Å². The second-order valence-electron chi connectivity index (χ2n) is 12.7. The Labute approximate surface area is 226 Å². The molecule has 3 saturated carbocycles. The lowest BCUT2D eigenvalue weighted by Crippen LogP contribution is -2.41. The van der Waals surface area contributed by atoms with Gasteiger partial charge in [-0.1, -0.05) is 36.8 Å². The van der Waals surface area contributed by atoms with Crippen LogP contribution in [-0.4, -0.2) is 44.9 Å². The van der Waals surface area contributed by atoms with Gasteiger partial charge in [-0.3, -0.25) is 0 Å². The summed E-state index contributed by atoms with van der Waals surface area (Å²) in [6.45, 7) is 10.5. The number of hydrogen-bond donors (Lipinski definition) is 3. The van der Waals surface area contributed by atoms with Crippen molar-refractivity contribution in [3.05, 3.63) is 35.5 Å². The summed E-state index contributed by atoms with van der Waals surface area (Å²) < 4.78 is 45.1. The van der Waals surface area contributed by atoms with Gasteiger partial charge in [0.15, 0.2) is 0 Å². The van der Waals surface area contributed by atoms with Crippen LogP contribution in [0.3, 0.4) is 0 Å². The van der Waals surface area contributed by atoms with E-state index in [2.05, 4.69) is 31.8 Å². The van der Waals surface area contributed by atoms with Gasteiger partial charge in [-0.2, -0.15) is 13.2 Å². The van der Waals surface area contributed by atoms with Gasteiger partial charge in [0.25, 0.3) is 0 Å². The van der Waals surface area contributed by atoms with E-state index in [1.807, 2.05) is 5.92 Å². The summed E-state index contributed by atoms with van der Waals surface area (Å²) in [4.78, 5) is 0. The van der Waals surface area contributed by atoms with E-state index in [0.29, 0.717) is 38.5 Å². The molecule has 2 unspecified atom stereocenters. The van der Waals surface area contributed by atoms with Crippen molar-refractivity contribution in [1.29, 1.82) is 0 Å². The maximum Gasteiger partial charge on any atom is 0.428 e. The van der Waals surface area contributed by atoms with Crippen LogP contribution in [-0.2, 0) is 4.74 Å². The number of aliphatic hydroxyl groups excluding tert-OH is 1. The number of rotatable bonds is 7. The van der Waals surface area contributed by atoms with Crippen molar-refractivity contribution in [2.45, 2.75) is 128 Å². The first kappa shape index (κ1) is 30.8. The largest absolute Gasteiger partial charge is 0.443 e. The lowest BCUT2D eigenvalue weighted by Gasteiger charge is -2.44. The number of aliphatic hydroxyl groups is 3. The molecule has 0 amide bonds. The molecule has 3 rings (SSSR count). The van der Waals surface area contributed by atoms with Crippen LogP contribution < -0.4 is 0 Å². The summed E-state index contributed by atoms with van der Waals surface area (Å²) in [5.41, 5.74) is -0.496. The summed E-state index contributed by atoms with van der Waals surface area (Å²) >= 11 is 0. The molecule has 3 fully saturated rings. The zero-order chi connectivity index (χ0) is 28.4. The summed E-state index contributed by atoms with van der Waals surface area (Å²) in [6, 6.07) is 0. The highest BCUT2D eigenvalue weighted by Crippen LogP contribution is 2.59.